The van der Waals surface area contributed by atoms with Crippen LogP contribution in [-0.4, -0.2) is 34.3 Å². The lowest BCUT2D eigenvalue weighted by Crippen LogP contribution is -2.21. The summed E-state index contributed by atoms with van der Waals surface area (Å²) in [4.78, 5) is 2.06. The van der Waals surface area contributed by atoms with E-state index in [0.29, 0.717) is 23.7 Å². The number of benzene rings is 1. The van der Waals surface area contributed by atoms with Crippen molar-refractivity contribution in [3.05, 3.63) is 27.7 Å². The Morgan fingerprint density at radius 1 is 1.38 bits per heavy atom. The van der Waals surface area contributed by atoms with E-state index in [1.165, 1.54) is 6.07 Å². The number of likely N-dealkylation sites (tertiary alicyclic amines) is 1. The summed E-state index contributed by atoms with van der Waals surface area (Å²) in [6, 6.07) is 3.22. The average Bonchev–Trinajstić information content (AvgIpc) is 2.60. The van der Waals surface area contributed by atoms with Crippen molar-refractivity contribution in [2.45, 2.75) is 19.1 Å². The van der Waals surface area contributed by atoms with E-state index in [4.69, 9.17) is 23.2 Å². The highest BCUT2D eigenvalue weighted by molar-refractivity contribution is 6.35. The van der Waals surface area contributed by atoms with E-state index < -0.39 is 0 Å². The molecular formula is C11H13Cl2NO2. The summed E-state index contributed by atoms with van der Waals surface area (Å²) in [5.41, 5.74) is 0.701. The summed E-state index contributed by atoms with van der Waals surface area (Å²) >= 11 is 11.7. The van der Waals surface area contributed by atoms with Crippen molar-refractivity contribution in [2.75, 3.05) is 13.1 Å². The molecule has 0 spiro atoms. The molecule has 5 heteroatoms. The summed E-state index contributed by atoms with van der Waals surface area (Å²) in [5, 5.41) is 19.9. The number of rotatable bonds is 2. The molecule has 1 aliphatic heterocycles. The third-order valence-corrected chi connectivity index (χ3v) is 3.25. The standard InChI is InChI=1S/C11H13Cl2NO2/c12-8-3-7(11(16)10(13)4-8)5-14-2-1-9(15)6-14/h3-4,9,15-16H,1-2,5-6H2/t9-/m0/s1. The minimum atomic E-state index is -0.267. The smallest absolute Gasteiger partial charge is 0.138 e. The van der Waals surface area contributed by atoms with Gasteiger partial charge < -0.3 is 10.2 Å². The lowest BCUT2D eigenvalue weighted by Gasteiger charge is -2.16. The van der Waals surface area contributed by atoms with Crippen LogP contribution in [0.1, 0.15) is 12.0 Å². The first-order chi connectivity index (χ1) is 7.56. The number of halogens is 2. The number of hydrogen-bond acceptors (Lipinski definition) is 3. The number of nitrogens with zero attached hydrogens (tertiary/aromatic N) is 1. The molecule has 0 aliphatic carbocycles. The zero-order chi connectivity index (χ0) is 11.7. The maximum Gasteiger partial charge on any atom is 0.138 e. The van der Waals surface area contributed by atoms with E-state index in [2.05, 4.69) is 4.90 Å². The lowest BCUT2D eigenvalue weighted by atomic mass is 10.2. The van der Waals surface area contributed by atoms with Crippen LogP contribution in [0.15, 0.2) is 12.1 Å². The van der Waals surface area contributed by atoms with E-state index in [1.807, 2.05) is 0 Å². The topological polar surface area (TPSA) is 43.7 Å². The lowest BCUT2D eigenvalue weighted by molar-refractivity contribution is 0.174. The summed E-state index contributed by atoms with van der Waals surface area (Å²) in [6.45, 7) is 2.01. The van der Waals surface area contributed by atoms with E-state index in [9.17, 15) is 10.2 Å². The number of aliphatic hydroxyl groups excluding tert-OH is 1. The molecule has 3 nitrogen and oxygen atoms in total. The molecule has 0 aromatic heterocycles. The van der Waals surface area contributed by atoms with Crippen molar-refractivity contribution in [3.8, 4) is 5.75 Å². The molecule has 2 N–H and O–H groups in total. The minimum absolute atomic E-state index is 0.0763. The van der Waals surface area contributed by atoms with Crippen LogP contribution in [0.5, 0.6) is 5.75 Å². The third-order valence-electron chi connectivity index (χ3n) is 2.75. The molecule has 0 amide bonds. The number of β-amino-alcohol motifs (C(OH)–C–C–N with tert-alkyl or cyclic N) is 1. The Kier molecular flexibility index (Phi) is 3.60. The second-order valence-electron chi connectivity index (χ2n) is 4.07. The van der Waals surface area contributed by atoms with Gasteiger partial charge >= 0.3 is 0 Å². The SMILES string of the molecule is Oc1c(Cl)cc(Cl)cc1CN1CC[C@H](O)C1. The van der Waals surface area contributed by atoms with Crippen molar-refractivity contribution in [1.29, 1.82) is 0 Å². The minimum Gasteiger partial charge on any atom is -0.506 e. The molecule has 0 unspecified atom stereocenters. The molecule has 1 fully saturated rings. The van der Waals surface area contributed by atoms with E-state index in [0.717, 1.165) is 13.0 Å². The van der Waals surface area contributed by atoms with Crippen molar-refractivity contribution in [3.63, 3.8) is 0 Å². The van der Waals surface area contributed by atoms with Crippen molar-refractivity contribution in [1.82, 2.24) is 4.90 Å². The van der Waals surface area contributed by atoms with Crippen molar-refractivity contribution < 1.29 is 10.2 Å². The molecular weight excluding hydrogens is 249 g/mol. The molecule has 88 valence electrons. The van der Waals surface area contributed by atoms with E-state index >= 15 is 0 Å². The zero-order valence-corrected chi connectivity index (χ0v) is 10.2. The van der Waals surface area contributed by atoms with Crippen LogP contribution in [0.2, 0.25) is 10.0 Å². The van der Waals surface area contributed by atoms with E-state index in [1.54, 1.807) is 6.07 Å². The predicted octanol–water partition coefficient (Wildman–Crippen LogP) is 2.27. The van der Waals surface area contributed by atoms with Gasteiger partial charge in [0.25, 0.3) is 0 Å². The Labute approximate surface area is 104 Å². The number of aromatic hydroxyl groups is 1. The molecule has 1 atom stereocenters. The normalized spacial score (nSPS) is 21.6. The maximum absolute atomic E-state index is 9.77. The van der Waals surface area contributed by atoms with Gasteiger partial charge in [-0.2, -0.15) is 0 Å². The molecule has 1 aromatic carbocycles. The molecule has 0 radical (unpaired) electrons. The summed E-state index contributed by atoms with van der Waals surface area (Å²) in [6.07, 6.45) is 0.506. The highest BCUT2D eigenvalue weighted by Crippen LogP contribution is 2.32. The molecule has 0 bridgehead atoms. The van der Waals surface area contributed by atoms with Gasteiger partial charge in [-0.1, -0.05) is 23.2 Å². The Morgan fingerprint density at radius 3 is 2.75 bits per heavy atom. The van der Waals surface area contributed by atoms with Crippen LogP contribution in [-0.2, 0) is 6.54 Å². The van der Waals surface area contributed by atoms with Gasteiger partial charge in [0.15, 0.2) is 0 Å². The number of phenols is 1. The van der Waals surface area contributed by atoms with Crippen LogP contribution >= 0.6 is 23.2 Å². The van der Waals surface area contributed by atoms with Crippen LogP contribution in [0.4, 0.5) is 0 Å². The molecule has 2 rings (SSSR count). The number of phenolic OH excluding ortho intramolecular Hbond substituents is 1. The maximum atomic E-state index is 9.77. The average molecular weight is 262 g/mol. The largest absolute Gasteiger partial charge is 0.506 e. The van der Waals surface area contributed by atoms with Gasteiger partial charge in [0, 0.05) is 30.2 Å². The van der Waals surface area contributed by atoms with Crippen molar-refractivity contribution >= 4 is 23.2 Å². The first kappa shape index (κ1) is 12.0. The van der Waals surface area contributed by atoms with Crippen LogP contribution in [0.3, 0.4) is 0 Å². The fourth-order valence-corrected chi connectivity index (χ4v) is 2.47. The van der Waals surface area contributed by atoms with Crippen LogP contribution in [0.25, 0.3) is 0 Å². The van der Waals surface area contributed by atoms with Gasteiger partial charge in [-0.05, 0) is 18.6 Å². The Balaban J connectivity index is 2.15. The number of hydrogen-bond donors (Lipinski definition) is 2. The molecule has 1 saturated heterocycles. The molecule has 1 aromatic rings. The fourth-order valence-electron chi connectivity index (χ4n) is 1.94. The second kappa shape index (κ2) is 4.80. The quantitative estimate of drug-likeness (QED) is 0.859. The zero-order valence-electron chi connectivity index (χ0n) is 8.66. The predicted molar refractivity (Wildman–Crippen MR) is 64.0 cm³/mol. The highest BCUT2D eigenvalue weighted by Gasteiger charge is 2.21. The highest BCUT2D eigenvalue weighted by atomic mass is 35.5. The van der Waals surface area contributed by atoms with Gasteiger partial charge in [-0.25, -0.2) is 0 Å². The van der Waals surface area contributed by atoms with Crippen molar-refractivity contribution in [2.24, 2.45) is 0 Å². The van der Waals surface area contributed by atoms with Gasteiger partial charge in [0.05, 0.1) is 11.1 Å². The van der Waals surface area contributed by atoms with Crippen LogP contribution in [0, 0.1) is 0 Å². The Bertz CT molecular complexity index is 398. The van der Waals surface area contributed by atoms with Gasteiger partial charge in [0.2, 0.25) is 0 Å². The monoisotopic (exact) mass is 261 g/mol. The fraction of sp³-hybridized carbons (Fsp3) is 0.455. The second-order valence-corrected chi connectivity index (χ2v) is 4.92. The summed E-state index contributed by atoms with van der Waals surface area (Å²) in [5.74, 6) is 0.0763. The van der Waals surface area contributed by atoms with Gasteiger partial charge in [0.1, 0.15) is 5.75 Å². The Hall–Kier alpha value is -0.480. The first-order valence-corrected chi connectivity index (χ1v) is 5.89. The molecule has 16 heavy (non-hydrogen) atoms. The molecule has 1 aliphatic rings. The first-order valence-electron chi connectivity index (χ1n) is 5.13. The van der Waals surface area contributed by atoms with E-state index in [-0.39, 0.29) is 16.9 Å². The Morgan fingerprint density at radius 2 is 2.12 bits per heavy atom. The summed E-state index contributed by atoms with van der Waals surface area (Å²) in [7, 11) is 0. The van der Waals surface area contributed by atoms with Crippen LogP contribution < -0.4 is 0 Å². The third kappa shape index (κ3) is 2.61. The van der Waals surface area contributed by atoms with Gasteiger partial charge in [-0.15, -0.1) is 0 Å². The molecule has 1 heterocycles. The van der Waals surface area contributed by atoms with Gasteiger partial charge in [-0.3, -0.25) is 4.90 Å². The number of aliphatic hydroxyl groups is 1. The molecule has 0 saturated carbocycles. The summed E-state index contributed by atoms with van der Waals surface area (Å²) < 4.78 is 0.